The Bertz CT molecular complexity index is 929. The van der Waals surface area contributed by atoms with E-state index >= 15 is 0 Å². The maximum Gasteiger partial charge on any atom is 0.220 e. The number of fused-ring (bicyclic) bond motifs is 1. The minimum atomic E-state index is -1.09. The second-order valence-electron chi connectivity index (χ2n) is 7.92. The molecule has 0 bridgehead atoms. The summed E-state index contributed by atoms with van der Waals surface area (Å²) in [5.41, 5.74) is 1.17. The molecule has 2 atom stereocenters. The van der Waals surface area contributed by atoms with Crippen molar-refractivity contribution in [2.75, 3.05) is 26.9 Å². The first-order valence-electron chi connectivity index (χ1n) is 11.2. The van der Waals surface area contributed by atoms with Crippen LogP contribution in [0.1, 0.15) is 54.1 Å². The molecule has 3 rings (SSSR count). The molecule has 0 aromatic heterocycles. The van der Waals surface area contributed by atoms with E-state index in [2.05, 4.69) is 5.32 Å². The van der Waals surface area contributed by atoms with Gasteiger partial charge in [0.15, 0.2) is 17.3 Å². The fraction of sp³-hybridized carbons (Fsp3) is 0.440. The Balaban J connectivity index is 1.39. The van der Waals surface area contributed by atoms with Crippen LogP contribution >= 0.6 is 0 Å². The number of amides is 1. The van der Waals surface area contributed by atoms with Gasteiger partial charge in [-0.2, -0.15) is 0 Å². The molecule has 2 aromatic carbocycles. The van der Waals surface area contributed by atoms with Gasteiger partial charge in [0.2, 0.25) is 5.91 Å². The van der Waals surface area contributed by atoms with E-state index in [0.29, 0.717) is 60.9 Å². The van der Waals surface area contributed by atoms with Crippen LogP contribution in [0.15, 0.2) is 42.5 Å². The van der Waals surface area contributed by atoms with Gasteiger partial charge in [-0.25, -0.2) is 0 Å². The lowest BCUT2D eigenvalue weighted by Crippen LogP contribution is -2.41. The van der Waals surface area contributed by atoms with Crippen LogP contribution in [-0.4, -0.2) is 54.9 Å². The van der Waals surface area contributed by atoms with Gasteiger partial charge in [0, 0.05) is 18.4 Å². The average molecular weight is 458 g/mol. The van der Waals surface area contributed by atoms with Crippen LogP contribution in [0.25, 0.3) is 0 Å². The molecule has 1 amide bonds. The number of hydrogen-bond donors (Lipinski definition) is 3. The fourth-order valence-electron chi connectivity index (χ4n) is 3.65. The standard InChI is InChI=1S/C25H31NO7/c1-31-19-10-7-17(8-11-19)21(28)5-3-2-4-6-24(29)26-20(16-27)25(30)18-9-12-22-23(15-18)33-14-13-32-22/h7-12,15,20,25,27,30H,2-6,13-14,16H2,1H3,(H,26,29)/t20-,25?/m0/s1. The van der Waals surface area contributed by atoms with E-state index in [1.807, 2.05) is 0 Å². The predicted molar refractivity (Wildman–Crippen MR) is 122 cm³/mol. The summed E-state index contributed by atoms with van der Waals surface area (Å²) in [6, 6.07) is 11.2. The highest BCUT2D eigenvalue weighted by Crippen LogP contribution is 2.33. The molecule has 1 aliphatic rings. The zero-order chi connectivity index (χ0) is 23.6. The van der Waals surface area contributed by atoms with Crippen molar-refractivity contribution in [2.45, 2.75) is 44.2 Å². The Morgan fingerprint density at radius 1 is 1.00 bits per heavy atom. The zero-order valence-electron chi connectivity index (χ0n) is 18.8. The van der Waals surface area contributed by atoms with Crippen molar-refractivity contribution in [1.82, 2.24) is 5.32 Å². The number of carbonyl (C=O) groups excluding carboxylic acids is 2. The van der Waals surface area contributed by atoms with Gasteiger partial charge in [-0.05, 0) is 54.8 Å². The number of carbonyl (C=O) groups is 2. The number of Topliss-reactive ketones (excluding diaryl/α,β-unsaturated/α-hetero) is 1. The van der Waals surface area contributed by atoms with E-state index in [1.165, 1.54) is 0 Å². The van der Waals surface area contributed by atoms with Crippen LogP contribution in [0.2, 0.25) is 0 Å². The van der Waals surface area contributed by atoms with E-state index in [0.717, 1.165) is 6.42 Å². The summed E-state index contributed by atoms with van der Waals surface area (Å²) in [4.78, 5) is 24.5. The molecule has 0 fully saturated rings. The third-order valence-corrected chi connectivity index (χ3v) is 5.55. The Morgan fingerprint density at radius 3 is 2.39 bits per heavy atom. The molecule has 0 spiro atoms. The SMILES string of the molecule is COc1ccc(C(=O)CCCCCC(=O)N[C@@H](CO)C(O)c2ccc3c(c2)OCCO3)cc1. The number of ketones is 1. The minimum absolute atomic E-state index is 0.0602. The van der Waals surface area contributed by atoms with E-state index in [-0.39, 0.29) is 18.1 Å². The predicted octanol–water partition coefficient (Wildman–Crippen LogP) is 2.81. The average Bonchev–Trinajstić information content (AvgIpc) is 2.86. The van der Waals surface area contributed by atoms with Gasteiger partial charge in [0.05, 0.1) is 19.8 Å². The highest BCUT2D eigenvalue weighted by molar-refractivity contribution is 5.96. The van der Waals surface area contributed by atoms with E-state index in [1.54, 1.807) is 49.6 Å². The molecular weight excluding hydrogens is 426 g/mol. The summed E-state index contributed by atoms with van der Waals surface area (Å²) >= 11 is 0. The summed E-state index contributed by atoms with van der Waals surface area (Å²) in [6.07, 6.45) is 1.60. The molecule has 0 aliphatic carbocycles. The normalized spacial score (nSPS) is 14.3. The lowest BCUT2D eigenvalue weighted by atomic mass is 10.0. The van der Waals surface area contributed by atoms with Gasteiger partial charge in [-0.3, -0.25) is 9.59 Å². The highest BCUT2D eigenvalue weighted by Gasteiger charge is 2.24. The van der Waals surface area contributed by atoms with Gasteiger partial charge >= 0.3 is 0 Å². The van der Waals surface area contributed by atoms with Crippen LogP contribution in [0, 0.1) is 0 Å². The molecule has 8 nitrogen and oxygen atoms in total. The van der Waals surface area contributed by atoms with Gasteiger partial charge < -0.3 is 29.7 Å². The maximum absolute atomic E-state index is 12.3. The number of methoxy groups -OCH3 is 1. The molecule has 8 heteroatoms. The van der Waals surface area contributed by atoms with Crippen LogP contribution in [-0.2, 0) is 4.79 Å². The molecule has 3 N–H and O–H groups in total. The summed E-state index contributed by atoms with van der Waals surface area (Å²) in [7, 11) is 1.58. The number of aliphatic hydroxyl groups excluding tert-OH is 2. The number of hydrogen-bond acceptors (Lipinski definition) is 7. The van der Waals surface area contributed by atoms with E-state index in [9.17, 15) is 19.8 Å². The van der Waals surface area contributed by atoms with Crippen LogP contribution in [0.5, 0.6) is 17.2 Å². The van der Waals surface area contributed by atoms with Gasteiger partial charge in [-0.1, -0.05) is 12.5 Å². The second kappa shape index (κ2) is 12.2. The van der Waals surface area contributed by atoms with Crippen molar-refractivity contribution in [3.63, 3.8) is 0 Å². The molecule has 0 radical (unpaired) electrons. The lowest BCUT2D eigenvalue weighted by molar-refractivity contribution is -0.123. The first-order chi connectivity index (χ1) is 16.0. The van der Waals surface area contributed by atoms with Crippen molar-refractivity contribution in [3.8, 4) is 17.2 Å². The topological polar surface area (TPSA) is 114 Å². The number of nitrogens with one attached hydrogen (secondary N) is 1. The number of ether oxygens (including phenoxy) is 3. The Morgan fingerprint density at radius 2 is 1.70 bits per heavy atom. The van der Waals surface area contributed by atoms with Crippen molar-refractivity contribution in [1.29, 1.82) is 0 Å². The van der Waals surface area contributed by atoms with Crippen molar-refractivity contribution >= 4 is 11.7 Å². The number of rotatable bonds is 12. The van der Waals surface area contributed by atoms with E-state index in [4.69, 9.17) is 14.2 Å². The fourth-order valence-corrected chi connectivity index (χ4v) is 3.65. The smallest absolute Gasteiger partial charge is 0.220 e. The summed E-state index contributed by atoms with van der Waals surface area (Å²) in [5.74, 6) is 1.65. The molecular formula is C25H31NO7. The number of aliphatic hydroxyl groups is 2. The summed E-state index contributed by atoms with van der Waals surface area (Å²) in [5, 5.41) is 23.0. The van der Waals surface area contributed by atoms with Crippen molar-refractivity contribution in [3.05, 3.63) is 53.6 Å². The van der Waals surface area contributed by atoms with Crippen LogP contribution < -0.4 is 19.5 Å². The van der Waals surface area contributed by atoms with Gasteiger partial charge in [-0.15, -0.1) is 0 Å². The molecule has 1 heterocycles. The number of benzene rings is 2. The first-order valence-corrected chi connectivity index (χ1v) is 11.2. The molecule has 0 saturated heterocycles. The van der Waals surface area contributed by atoms with Gasteiger partial charge in [0.1, 0.15) is 25.1 Å². The largest absolute Gasteiger partial charge is 0.497 e. The van der Waals surface area contributed by atoms with E-state index < -0.39 is 18.8 Å². The summed E-state index contributed by atoms with van der Waals surface area (Å²) < 4.78 is 16.1. The maximum atomic E-state index is 12.3. The first kappa shape index (κ1) is 24.5. The van der Waals surface area contributed by atoms with Crippen molar-refractivity contribution < 1.29 is 34.0 Å². The molecule has 2 aromatic rings. The van der Waals surface area contributed by atoms with Crippen LogP contribution in [0.4, 0.5) is 0 Å². The molecule has 1 unspecified atom stereocenters. The monoisotopic (exact) mass is 457 g/mol. The highest BCUT2D eigenvalue weighted by atomic mass is 16.6. The quantitative estimate of drug-likeness (QED) is 0.332. The molecule has 1 aliphatic heterocycles. The Hall–Kier alpha value is -3.10. The lowest BCUT2D eigenvalue weighted by Gasteiger charge is -2.24. The molecule has 178 valence electrons. The summed E-state index contributed by atoms with van der Waals surface area (Å²) in [6.45, 7) is 0.496. The zero-order valence-corrected chi connectivity index (χ0v) is 18.8. The van der Waals surface area contributed by atoms with Crippen LogP contribution in [0.3, 0.4) is 0 Å². The minimum Gasteiger partial charge on any atom is -0.497 e. The Kier molecular flexibility index (Phi) is 9.09. The Labute approximate surface area is 193 Å². The van der Waals surface area contributed by atoms with Crippen molar-refractivity contribution in [2.24, 2.45) is 0 Å². The molecule has 33 heavy (non-hydrogen) atoms. The van der Waals surface area contributed by atoms with Gasteiger partial charge in [0.25, 0.3) is 0 Å². The molecule has 0 saturated carbocycles. The third kappa shape index (κ3) is 6.94. The second-order valence-corrected chi connectivity index (χ2v) is 7.92. The number of unbranched alkanes of at least 4 members (excludes halogenated alkanes) is 2. The third-order valence-electron chi connectivity index (χ3n) is 5.55.